The highest BCUT2D eigenvalue weighted by molar-refractivity contribution is 7.09. The molecule has 0 aliphatic rings. The van der Waals surface area contributed by atoms with Gasteiger partial charge in [-0.05, 0) is 6.92 Å². The highest BCUT2D eigenvalue weighted by atomic mass is 32.1. The summed E-state index contributed by atoms with van der Waals surface area (Å²) in [6.45, 7) is 1.89. The summed E-state index contributed by atoms with van der Waals surface area (Å²) in [6.07, 6.45) is 3.83. The number of hydrogen-bond donors (Lipinski definition) is 0. The van der Waals surface area contributed by atoms with Crippen molar-refractivity contribution in [1.82, 2.24) is 14.5 Å². The van der Waals surface area contributed by atoms with E-state index in [0.717, 1.165) is 10.8 Å². The number of carbonyl (C=O) groups is 1. The van der Waals surface area contributed by atoms with Gasteiger partial charge in [-0.1, -0.05) is 0 Å². The predicted octanol–water partition coefficient (Wildman–Crippen LogP) is 1.61. The normalized spacial score (nSPS) is 10.5. The fourth-order valence-corrected chi connectivity index (χ4v) is 1.91. The summed E-state index contributed by atoms with van der Waals surface area (Å²) in [7, 11) is 1.88. The zero-order valence-electron chi connectivity index (χ0n) is 8.60. The summed E-state index contributed by atoms with van der Waals surface area (Å²) in [5.41, 5.74) is 0.542. The van der Waals surface area contributed by atoms with Crippen LogP contribution in [0.1, 0.15) is 21.3 Å². The lowest BCUT2D eigenvalue weighted by Gasteiger charge is -1.98. The van der Waals surface area contributed by atoms with Crippen molar-refractivity contribution >= 4 is 17.1 Å². The number of imidazole rings is 1. The first-order valence-corrected chi connectivity index (χ1v) is 5.46. The van der Waals surface area contributed by atoms with E-state index in [2.05, 4.69) is 9.97 Å². The number of ketones is 1. The first-order chi connectivity index (χ1) is 7.16. The Kier molecular flexibility index (Phi) is 2.64. The molecule has 0 fully saturated rings. The van der Waals surface area contributed by atoms with E-state index in [1.165, 1.54) is 11.3 Å². The van der Waals surface area contributed by atoms with Gasteiger partial charge in [-0.2, -0.15) is 0 Å². The van der Waals surface area contributed by atoms with Gasteiger partial charge in [0.2, 0.25) is 0 Å². The molecular weight excluding hydrogens is 210 g/mol. The molecule has 0 saturated carbocycles. The summed E-state index contributed by atoms with van der Waals surface area (Å²) in [6, 6.07) is 0. The average Bonchev–Trinajstić information content (AvgIpc) is 2.77. The van der Waals surface area contributed by atoms with Gasteiger partial charge in [0.15, 0.2) is 5.78 Å². The number of Topliss-reactive ketones (excluding diaryl/α,β-unsaturated/α-hetero) is 1. The molecule has 78 valence electrons. The Hall–Kier alpha value is -1.49. The van der Waals surface area contributed by atoms with Crippen LogP contribution in [0.3, 0.4) is 0 Å². The summed E-state index contributed by atoms with van der Waals surface area (Å²) >= 11 is 1.49. The van der Waals surface area contributed by atoms with Gasteiger partial charge >= 0.3 is 0 Å². The molecule has 5 heteroatoms. The minimum atomic E-state index is 0.0219. The van der Waals surface area contributed by atoms with E-state index < -0.39 is 0 Å². The molecular formula is C10H11N3OS. The van der Waals surface area contributed by atoms with Gasteiger partial charge in [-0.3, -0.25) is 4.79 Å². The van der Waals surface area contributed by atoms with Gasteiger partial charge in [-0.15, -0.1) is 11.3 Å². The first kappa shape index (κ1) is 10.0. The number of carbonyl (C=O) groups excluding carboxylic acids is 1. The highest BCUT2D eigenvalue weighted by Gasteiger charge is 2.12. The predicted molar refractivity (Wildman–Crippen MR) is 58.1 cm³/mol. The third-order valence-corrected chi connectivity index (χ3v) is 2.92. The van der Waals surface area contributed by atoms with E-state index in [1.54, 1.807) is 11.6 Å². The lowest BCUT2D eigenvalue weighted by molar-refractivity contribution is 0.0985. The van der Waals surface area contributed by atoms with E-state index in [0.29, 0.717) is 12.1 Å². The zero-order chi connectivity index (χ0) is 10.8. The van der Waals surface area contributed by atoms with Crippen molar-refractivity contribution in [3.05, 3.63) is 34.3 Å². The number of aryl methyl sites for hydroxylation is 2. The van der Waals surface area contributed by atoms with Crippen LogP contribution in [0, 0.1) is 6.92 Å². The van der Waals surface area contributed by atoms with Crippen molar-refractivity contribution in [2.75, 3.05) is 0 Å². The maximum atomic E-state index is 11.8. The molecule has 0 aliphatic carbocycles. The molecule has 0 amide bonds. The lowest BCUT2D eigenvalue weighted by Crippen LogP contribution is -2.08. The Labute approximate surface area is 91.6 Å². The van der Waals surface area contributed by atoms with Gasteiger partial charge in [0.25, 0.3) is 0 Å². The third kappa shape index (κ3) is 2.12. The number of rotatable bonds is 3. The molecule has 4 nitrogen and oxygen atoms in total. The first-order valence-electron chi connectivity index (χ1n) is 4.58. The molecule has 0 radical (unpaired) electrons. The number of aromatic nitrogens is 3. The van der Waals surface area contributed by atoms with E-state index in [-0.39, 0.29) is 5.78 Å². The van der Waals surface area contributed by atoms with Crippen LogP contribution in [-0.4, -0.2) is 20.3 Å². The van der Waals surface area contributed by atoms with E-state index in [4.69, 9.17) is 0 Å². The van der Waals surface area contributed by atoms with Crippen LogP contribution in [0.5, 0.6) is 0 Å². The maximum absolute atomic E-state index is 11.8. The maximum Gasteiger partial charge on any atom is 0.189 e. The molecule has 0 aromatic carbocycles. The topological polar surface area (TPSA) is 47.8 Å². The third-order valence-electron chi connectivity index (χ3n) is 2.14. The largest absolute Gasteiger partial charge is 0.338 e. The summed E-state index contributed by atoms with van der Waals surface area (Å²) < 4.78 is 1.84. The minimum absolute atomic E-state index is 0.0219. The van der Waals surface area contributed by atoms with Gasteiger partial charge in [0, 0.05) is 24.8 Å². The Morgan fingerprint density at radius 2 is 2.40 bits per heavy atom. The van der Waals surface area contributed by atoms with Crippen LogP contribution >= 0.6 is 11.3 Å². The lowest BCUT2D eigenvalue weighted by atomic mass is 10.2. The molecule has 0 N–H and O–H groups in total. The molecule has 0 unspecified atom stereocenters. The van der Waals surface area contributed by atoms with Crippen LogP contribution < -0.4 is 0 Å². The van der Waals surface area contributed by atoms with Crippen LogP contribution in [0.2, 0.25) is 0 Å². The molecule has 0 bridgehead atoms. The molecule has 0 saturated heterocycles. The second-order valence-electron chi connectivity index (χ2n) is 3.31. The Bertz CT molecular complexity index is 486. The molecule has 2 heterocycles. The Balaban J connectivity index is 2.14. The number of nitrogens with zero attached hydrogens (tertiary/aromatic N) is 3. The second-order valence-corrected chi connectivity index (χ2v) is 4.37. The molecule has 0 aliphatic heterocycles. The average molecular weight is 221 g/mol. The summed E-state index contributed by atoms with van der Waals surface area (Å²) in [5, 5.41) is 2.71. The quantitative estimate of drug-likeness (QED) is 0.740. The minimum Gasteiger partial charge on any atom is -0.338 e. The van der Waals surface area contributed by atoms with Crippen molar-refractivity contribution in [2.45, 2.75) is 13.3 Å². The van der Waals surface area contributed by atoms with Gasteiger partial charge in [-0.25, -0.2) is 9.97 Å². The van der Waals surface area contributed by atoms with E-state index in [9.17, 15) is 4.79 Å². The Morgan fingerprint density at radius 1 is 1.60 bits per heavy atom. The molecule has 2 rings (SSSR count). The van der Waals surface area contributed by atoms with E-state index in [1.807, 2.05) is 24.7 Å². The molecule has 0 atom stereocenters. The number of hydrogen-bond acceptors (Lipinski definition) is 4. The standard InChI is InChI=1S/C10H11N3OS/c1-7-12-8(6-15-7)9(14)5-10-11-3-4-13(10)2/h3-4,6H,5H2,1-2H3. The second kappa shape index (κ2) is 3.94. The van der Waals surface area contributed by atoms with Crippen LogP contribution in [0.4, 0.5) is 0 Å². The van der Waals surface area contributed by atoms with Crippen molar-refractivity contribution < 1.29 is 4.79 Å². The van der Waals surface area contributed by atoms with Crippen molar-refractivity contribution in [2.24, 2.45) is 7.05 Å². The fourth-order valence-electron chi connectivity index (χ4n) is 1.29. The Morgan fingerprint density at radius 3 is 2.93 bits per heavy atom. The zero-order valence-corrected chi connectivity index (χ0v) is 9.41. The molecule has 15 heavy (non-hydrogen) atoms. The van der Waals surface area contributed by atoms with E-state index >= 15 is 0 Å². The number of thiazole rings is 1. The summed E-state index contributed by atoms with van der Waals surface area (Å²) in [5.74, 6) is 0.791. The van der Waals surface area contributed by atoms with Crippen LogP contribution in [-0.2, 0) is 13.5 Å². The van der Waals surface area contributed by atoms with Gasteiger partial charge in [0.05, 0.1) is 11.4 Å². The van der Waals surface area contributed by atoms with Gasteiger partial charge in [0.1, 0.15) is 11.5 Å². The highest BCUT2D eigenvalue weighted by Crippen LogP contribution is 2.10. The summed E-state index contributed by atoms with van der Waals surface area (Å²) in [4.78, 5) is 20.0. The van der Waals surface area contributed by atoms with Crippen molar-refractivity contribution in [3.8, 4) is 0 Å². The van der Waals surface area contributed by atoms with Crippen LogP contribution in [0.25, 0.3) is 0 Å². The molecule has 2 aromatic heterocycles. The molecule has 2 aromatic rings. The monoisotopic (exact) mass is 221 g/mol. The van der Waals surface area contributed by atoms with Gasteiger partial charge < -0.3 is 4.57 Å². The van der Waals surface area contributed by atoms with Crippen LogP contribution in [0.15, 0.2) is 17.8 Å². The SMILES string of the molecule is Cc1nc(C(=O)Cc2nccn2C)cs1. The van der Waals surface area contributed by atoms with Crippen molar-refractivity contribution in [1.29, 1.82) is 0 Å². The molecule has 0 spiro atoms. The smallest absolute Gasteiger partial charge is 0.189 e. The van der Waals surface area contributed by atoms with Crippen molar-refractivity contribution in [3.63, 3.8) is 0 Å². The fraction of sp³-hybridized carbons (Fsp3) is 0.300.